The van der Waals surface area contributed by atoms with E-state index in [1.54, 1.807) is 0 Å². The maximum atomic E-state index is 15.1. The van der Waals surface area contributed by atoms with Gasteiger partial charge in [0.2, 0.25) is 0 Å². The molecule has 3 heterocycles. The fourth-order valence-electron chi connectivity index (χ4n) is 9.94. The average molecular weight is 864 g/mol. The van der Waals surface area contributed by atoms with Gasteiger partial charge in [-0.1, -0.05) is 0 Å². The summed E-state index contributed by atoms with van der Waals surface area (Å²) in [6.07, 6.45) is 6.29. The molecule has 18 heteroatoms. The van der Waals surface area contributed by atoms with Crippen molar-refractivity contribution in [2.75, 3.05) is 145 Å². The molecule has 3 saturated heterocycles. The standard InChI is InChI=1S/C38H85N13OP4/c1-34(2,3)30-35(4,5)42-56(52,39-31-36(43(6)7,44(8)9)24-27-53(31)49(18)19,40-32-37(45(10)11,46(12)13)25-28-54(32)50(20)21)41-33-38(47(14)15,48(16)17)26-29-55(33)51(22)23/h42,52H,24-30H2,1-23H3. The number of nitrogens with one attached hydrogen (secondary N) is 1. The van der Waals surface area contributed by atoms with Crippen molar-refractivity contribution in [2.45, 2.75) is 82.8 Å². The summed E-state index contributed by atoms with van der Waals surface area (Å²) in [5.74, 6) is 0. The molecule has 0 aromatic carbocycles. The molecule has 3 fully saturated rings. The predicted octanol–water partition coefficient (Wildman–Crippen LogP) is 5.65. The molecular weight excluding hydrogens is 778 g/mol. The number of nitrogens with zero attached hydrogens (tertiary/aromatic N) is 12. The van der Waals surface area contributed by atoms with Crippen molar-refractivity contribution in [2.24, 2.45) is 19.7 Å². The van der Waals surface area contributed by atoms with E-state index in [2.05, 4.69) is 210 Å². The zero-order valence-corrected chi connectivity index (χ0v) is 43.6. The Hall–Kier alpha value is 0.290. The van der Waals surface area contributed by atoms with Crippen LogP contribution < -0.4 is 5.09 Å². The van der Waals surface area contributed by atoms with Crippen molar-refractivity contribution in [3.05, 3.63) is 0 Å². The first-order chi connectivity index (χ1) is 25.3. The van der Waals surface area contributed by atoms with Gasteiger partial charge in [0.15, 0.2) is 0 Å². The zero-order chi connectivity index (χ0) is 43.4. The van der Waals surface area contributed by atoms with Crippen LogP contribution in [-0.2, 0) is 0 Å². The van der Waals surface area contributed by atoms with Gasteiger partial charge in [-0.25, -0.2) is 0 Å². The molecule has 56 heavy (non-hydrogen) atoms. The molecule has 3 rings (SSSR count). The first kappa shape index (κ1) is 50.6. The summed E-state index contributed by atoms with van der Waals surface area (Å²) in [5, 5.41) is 4.03. The van der Waals surface area contributed by atoms with E-state index >= 15 is 4.89 Å². The Morgan fingerprint density at radius 2 is 0.732 bits per heavy atom. The van der Waals surface area contributed by atoms with Gasteiger partial charge in [-0.3, -0.25) is 0 Å². The Labute approximate surface area is 348 Å². The third-order valence-corrected chi connectivity index (χ3v) is 22.9. The summed E-state index contributed by atoms with van der Waals surface area (Å²) in [6, 6.07) is 0. The molecule has 328 valence electrons. The quantitative estimate of drug-likeness (QED) is 0.158. The molecule has 14 nitrogen and oxygen atoms in total. The SMILES string of the molecule is CN(C)P1CCC(N(C)C)(N(C)C)C1=NP(O)(N=C1P(N(C)C)CCC1(N(C)C)N(C)C)(N=C1P(N(C)C)CCC1(N(C)C)N(C)C)NC(C)(C)CC(C)(C)C. The molecule has 0 aliphatic carbocycles. The molecule has 0 saturated carbocycles. The molecular formula is C38H85N13OP4. The second kappa shape index (κ2) is 17.6. The third kappa shape index (κ3) is 9.52. The molecule has 0 amide bonds. The van der Waals surface area contributed by atoms with Crippen molar-refractivity contribution < 1.29 is 4.89 Å². The van der Waals surface area contributed by atoms with Gasteiger partial charge in [0, 0.05) is 0 Å². The molecule has 0 radical (unpaired) electrons. The van der Waals surface area contributed by atoms with Crippen LogP contribution in [0.5, 0.6) is 0 Å². The molecule has 3 aliphatic heterocycles. The Bertz CT molecular complexity index is 1300. The Morgan fingerprint density at radius 1 is 0.500 bits per heavy atom. The van der Waals surface area contributed by atoms with Crippen molar-refractivity contribution in [1.29, 1.82) is 0 Å². The van der Waals surface area contributed by atoms with E-state index in [9.17, 15) is 0 Å². The van der Waals surface area contributed by atoms with Gasteiger partial charge < -0.3 is 0 Å². The van der Waals surface area contributed by atoms with Crippen LogP contribution in [0, 0.1) is 5.41 Å². The molecule has 3 aliphatic rings. The molecule has 3 atom stereocenters. The van der Waals surface area contributed by atoms with Crippen molar-refractivity contribution in [1.82, 2.24) is 48.5 Å². The van der Waals surface area contributed by atoms with Crippen LogP contribution in [0.4, 0.5) is 0 Å². The number of hydrogen-bond acceptors (Lipinski definition) is 14. The first-order valence-corrected chi connectivity index (χ1v) is 26.6. The van der Waals surface area contributed by atoms with Crippen LogP contribution in [0.3, 0.4) is 0 Å². The van der Waals surface area contributed by atoms with Crippen LogP contribution in [0.1, 0.15) is 60.3 Å². The number of hydrogen-bond donors (Lipinski definition) is 2. The Morgan fingerprint density at radius 3 is 0.911 bits per heavy atom. The van der Waals surface area contributed by atoms with Crippen LogP contribution in [0.25, 0.3) is 0 Å². The topological polar surface area (TPSA) is 98.5 Å². The summed E-state index contributed by atoms with van der Waals surface area (Å²) >= 11 is 0. The van der Waals surface area contributed by atoms with E-state index in [0.717, 1.165) is 60.5 Å². The maximum absolute atomic E-state index is 15.1. The van der Waals surface area contributed by atoms with E-state index in [4.69, 9.17) is 14.3 Å². The van der Waals surface area contributed by atoms with Gasteiger partial charge in [0.25, 0.3) is 0 Å². The van der Waals surface area contributed by atoms with E-state index in [0.29, 0.717) is 0 Å². The fourth-order valence-corrected chi connectivity index (χ4v) is 22.9. The number of rotatable bonds is 15. The van der Waals surface area contributed by atoms with E-state index in [1.165, 1.54) is 0 Å². The van der Waals surface area contributed by atoms with Gasteiger partial charge in [0.1, 0.15) is 0 Å². The Balaban J connectivity index is 2.90. The predicted molar refractivity (Wildman–Crippen MR) is 253 cm³/mol. The molecule has 0 spiro atoms. The first-order valence-electron chi connectivity index (χ1n) is 20.1. The second-order valence-corrected chi connectivity index (χ2v) is 30.0. The van der Waals surface area contributed by atoms with Crippen molar-refractivity contribution >= 4 is 48.0 Å². The average Bonchev–Trinajstić information content (AvgIpc) is 3.68. The van der Waals surface area contributed by atoms with Crippen molar-refractivity contribution in [3.63, 3.8) is 0 Å². The minimum atomic E-state index is -5.26. The zero-order valence-electron chi connectivity index (χ0n) is 40.1. The molecule has 3 unspecified atom stereocenters. The van der Waals surface area contributed by atoms with Crippen molar-refractivity contribution in [3.8, 4) is 0 Å². The van der Waals surface area contributed by atoms with Gasteiger partial charge in [-0.05, 0) is 0 Å². The van der Waals surface area contributed by atoms with Crippen LogP contribution in [0.15, 0.2) is 14.3 Å². The molecule has 0 aromatic heterocycles. The van der Waals surface area contributed by atoms with Crippen LogP contribution in [-0.4, -0.2) is 233 Å². The normalized spacial score (nSPS) is 27.8. The minimum absolute atomic E-state index is 0.0545. The third-order valence-electron chi connectivity index (χ3n) is 12.0. The summed E-state index contributed by atoms with van der Waals surface area (Å²) in [4.78, 5) is 28.9. The van der Waals surface area contributed by atoms with Crippen LogP contribution >= 0.6 is 31.7 Å². The summed E-state index contributed by atoms with van der Waals surface area (Å²) < 4.78 is 25.2. The molecule has 0 aromatic rings. The summed E-state index contributed by atoms with van der Waals surface area (Å²) in [7, 11) is 30.8. The second-order valence-electron chi connectivity index (χ2n) is 19.9. The van der Waals surface area contributed by atoms with Gasteiger partial charge in [-0.15, -0.1) is 0 Å². The molecule has 2 N–H and O–H groups in total. The van der Waals surface area contributed by atoms with Crippen LogP contribution in [0.2, 0.25) is 0 Å². The summed E-state index contributed by atoms with van der Waals surface area (Å²) in [5.41, 5.74) is 0.591. The molecule has 0 bridgehead atoms. The van der Waals surface area contributed by atoms with Gasteiger partial charge in [0.05, 0.1) is 0 Å². The van der Waals surface area contributed by atoms with Gasteiger partial charge in [-0.2, -0.15) is 0 Å². The van der Waals surface area contributed by atoms with Gasteiger partial charge >= 0.3 is 349 Å². The monoisotopic (exact) mass is 864 g/mol. The van der Waals surface area contributed by atoms with E-state index < -0.39 is 54.2 Å². The fraction of sp³-hybridized carbons (Fsp3) is 0.921. The Kier molecular flexibility index (Phi) is 15.9. The summed E-state index contributed by atoms with van der Waals surface area (Å²) in [6.45, 7) is 11.2. The van der Waals surface area contributed by atoms with E-state index in [-0.39, 0.29) is 5.41 Å². The van der Waals surface area contributed by atoms with E-state index in [1.807, 2.05) is 0 Å².